The van der Waals surface area contributed by atoms with Gasteiger partial charge in [-0.2, -0.15) is 10.1 Å². The molecule has 11 heteroatoms. The molecule has 158 valence electrons. The SMILES string of the molecule is CNC(=O)[C@@H](CC(C)C)Nc1nc(Nc2ccc3[nH]ncc3c2)c(C(N)=O)c(=O)[nH]1. The third-order valence-electron chi connectivity index (χ3n) is 4.45. The molecular formula is C19H24N8O3. The Morgan fingerprint density at radius 1 is 1.27 bits per heavy atom. The van der Waals surface area contributed by atoms with E-state index < -0.39 is 17.5 Å². The second-order valence-corrected chi connectivity index (χ2v) is 7.24. The average Bonchev–Trinajstić information content (AvgIpc) is 3.13. The second-order valence-electron chi connectivity index (χ2n) is 7.24. The highest BCUT2D eigenvalue weighted by Gasteiger charge is 2.22. The number of anilines is 3. The standard InChI is InChI=1S/C19H24N8O3/c1-9(2)6-13(17(29)21-3)24-19-25-16(14(15(20)28)18(30)26-19)23-11-4-5-12-10(7-11)8-22-27-12/h4-5,7-9,13H,6H2,1-3H3,(H2,20,28)(H,21,29)(H,22,27)(H3,23,24,25,26,30)/t13-/m1/s1. The van der Waals surface area contributed by atoms with Crippen molar-refractivity contribution in [3.63, 3.8) is 0 Å². The number of primary amides is 1. The molecule has 0 radical (unpaired) electrons. The van der Waals surface area contributed by atoms with E-state index in [0.717, 1.165) is 10.9 Å². The number of aromatic nitrogens is 4. The van der Waals surface area contributed by atoms with Crippen LogP contribution in [-0.2, 0) is 4.79 Å². The van der Waals surface area contributed by atoms with Crippen molar-refractivity contribution in [1.29, 1.82) is 0 Å². The summed E-state index contributed by atoms with van der Waals surface area (Å²) in [4.78, 5) is 43.3. The predicted molar refractivity (Wildman–Crippen MR) is 114 cm³/mol. The fraction of sp³-hybridized carbons (Fsp3) is 0.316. The molecule has 1 atom stereocenters. The fourth-order valence-corrected chi connectivity index (χ4v) is 3.06. The van der Waals surface area contributed by atoms with Gasteiger partial charge in [0, 0.05) is 18.1 Å². The maximum Gasteiger partial charge on any atom is 0.267 e. The first-order valence-electron chi connectivity index (χ1n) is 9.41. The van der Waals surface area contributed by atoms with E-state index in [1.165, 1.54) is 7.05 Å². The highest BCUT2D eigenvalue weighted by Crippen LogP contribution is 2.22. The summed E-state index contributed by atoms with van der Waals surface area (Å²) < 4.78 is 0. The summed E-state index contributed by atoms with van der Waals surface area (Å²) in [6.07, 6.45) is 2.16. The molecule has 0 bridgehead atoms. The molecule has 0 saturated heterocycles. The molecule has 0 fully saturated rings. The highest BCUT2D eigenvalue weighted by atomic mass is 16.2. The van der Waals surface area contributed by atoms with Gasteiger partial charge in [0.05, 0.1) is 11.7 Å². The zero-order chi connectivity index (χ0) is 21.8. The quantitative estimate of drug-likeness (QED) is 0.321. The lowest BCUT2D eigenvalue weighted by Gasteiger charge is -2.20. The van der Waals surface area contributed by atoms with E-state index in [4.69, 9.17) is 5.73 Å². The molecule has 1 aromatic carbocycles. The molecule has 7 N–H and O–H groups in total. The molecule has 0 saturated carbocycles. The minimum atomic E-state index is -0.924. The van der Waals surface area contributed by atoms with Gasteiger partial charge in [-0.15, -0.1) is 0 Å². The summed E-state index contributed by atoms with van der Waals surface area (Å²) >= 11 is 0. The number of benzene rings is 1. The lowest BCUT2D eigenvalue weighted by molar-refractivity contribution is -0.121. The lowest BCUT2D eigenvalue weighted by Crippen LogP contribution is -2.40. The number of aromatic amines is 2. The number of amides is 2. The third kappa shape index (κ3) is 4.57. The van der Waals surface area contributed by atoms with E-state index in [1.54, 1.807) is 24.4 Å². The molecule has 3 rings (SSSR count). The van der Waals surface area contributed by atoms with Crippen molar-refractivity contribution in [2.24, 2.45) is 11.7 Å². The maximum atomic E-state index is 12.5. The molecule has 30 heavy (non-hydrogen) atoms. The molecule has 0 aliphatic heterocycles. The van der Waals surface area contributed by atoms with E-state index >= 15 is 0 Å². The largest absolute Gasteiger partial charge is 0.365 e. The first-order chi connectivity index (χ1) is 14.3. The van der Waals surface area contributed by atoms with E-state index in [9.17, 15) is 14.4 Å². The molecule has 11 nitrogen and oxygen atoms in total. The topological polar surface area (TPSA) is 171 Å². The van der Waals surface area contributed by atoms with Crippen LogP contribution in [-0.4, -0.2) is 45.1 Å². The summed E-state index contributed by atoms with van der Waals surface area (Å²) in [6.45, 7) is 3.95. The van der Waals surface area contributed by atoms with Crippen molar-refractivity contribution in [1.82, 2.24) is 25.5 Å². The molecule has 0 aliphatic rings. The van der Waals surface area contributed by atoms with Crippen LogP contribution in [0.5, 0.6) is 0 Å². The Hall–Kier alpha value is -3.89. The fourth-order valence-electron chi connectivity index (χ4n) is 3.06. The number of carbonyl (C=O) groups excluding carboxylic acids is 2. The van der Waals surface area contributed by atoms with Gasteiger partial charge >= 0.3 is 0 Å². The molecule has 3 aromatic rings. The van der Waals surface area contributed by atoms with Crippen LogP contribution >= 0.6 is 0 Å². The number of H-pyrrole nitrogens is 2. The van der Waals surface area contributed by atoms with Crippen LogP contribution in [0.1, 0.15) is 30.6 Å². The average molecular weight is 412 g/mol. The van der Waals surface area contributed by atoms with Crippen molar-refractivity contribution >= 4 is 40.2 Å². The van der Waals surface area contributed by atoms with Crippen LogP contribution in [0.25, 0.3) is 10.9 Å². The maximum absolute atomic E-state index is 12.5. The van der Waals surface area contributed by atoms with E-state index in [2.05, 4.69) is 36.1 Å². The van der Waals surface area contributed by atoms with Gasteiger partial charge in [-0.25, -0.2) is 0 Å². The summed E-state index contributed by atoms with van der Waals surface area (Å²) in [6, 6.07) is 4.71. The van der Waals surface area contributed by atoms with Crippen molar-refractivity contribution in [2.45, 2.75) is 26.3 Å². The number of carbonyl (C=O) groups is 2. The second kappa shape index (κ2) is 8.64. The van der Waals surface area contributed by atoms with Crippen molar-refractivity contribution < 1.29 is 9.59 Å². The predicted octanol–water partition coefficient (Wildman–Crippen LogP) is 1.06. The third-order valence-corrected chi connectivity index (χ3v) is 4.45. The Kier molecular flexibility index (Phi) is 6.00. The van der Waals surface area contributed by atoms with E-state index in [1.807, 2.05) is 13.8 Å². The normalized spacial score (nSPS) is 12.0. The zero-order valence-electron chi connectivity index (χ0n) is 16.9. The number of rotatable bonds is 8. The Labute approximate surface area is 171 Å². The van der Waals surface area contributed by atoms with Gasteiger partial charge in [0.2, 0.25) is 11.9 Å². The number of hydrogen-bond donors (Lipinski definition) is 6. The number of nitrogens with zero attached hydrogens (tertiary/aromatic N) is 2. The smallest absolute Gasteiger partial charge is 0.267 e. The molecule has 2 amide bonds. The highest BCUT2D eigenvalue weighted by molar-refractivity contribution is 5.98. The van der Waals surface area contributed by atoms with Gasteiger partial charge in [0.25, 0.3) is 11.5 Å². The number of hydrogen-bond acceptors (Lipinski definition) is 7. The van der Waals surface area contributed by atoms with Crippen LogP contribution in [0.15, 0.2) is 29.2 Å². The monoisotopic (exact) mass is 412 g/mol. The summed E-state index contributed by atoms with van der Waals surface area (Å²) in [5.41, 5.74) is 5.78. The Balaban J connectivity index is 1.98. The van der Waals surface area contributed by atoms with Gasteiger partial charge in [-0.3, -0.25) is 24.5 Å². The lowest BCUT2D eigenvalue weighted by atomic mass is 10.0. The first kappa shape index (κ1) is 20.8. The van der Waals surface area contributed by atoms with Gasteiger partial charge in [-0.05, 0) is 30.5 Å². The molecule has 2 heterocycles. The molecular weight excluding hydrogens is 388 g/mol. The zero-order valence-corrected chi connectivity index (χ0v) is 16.9. The summed E-state index contributed by atoms with van der Waals surface area (Å²) in [7, 11) is 1.53. The molecule has 2 aromatic heterocycles. The van der Waals surface area contributed by atoms with Gasteiger partial charge in [0.1, 0.15) is 11.6 Å². The number of fused-ring (bicyclic) bond motifs is 1. The van der Waals surface area contributed by atoms with Crippen LogP contribution in [0.3, 0.4) is 0 Å². The van der Waals surface area contributed by atoms with Crippen LogP contribution in [0, 0.1) is 5.92 Å². The number of nitrogens with two attached hydrogens (primary N) is 1. The molecule has 0 aliphatic carbocycles. The molecule has 0 unspecified atom stereocenters. The van der Waals surface area contributed by atoms with Gasteiger partial charge < -0.3 is 21.7 Å². The van der Waals surface area contributed by atoms with Crippen molar-refractivity contribution in [2.75, 3.05) is 17.7 Å². The van der Waals surface area contributed by atoms with E-state index in [-0.39, 0.29) is 29.2 Å². The number of likely N-dealkylation sites (N-methyl/N-ethyl adjacent to an activating group) is 1. The Morgan fingerprint density at radius 3 is 2.70 bits per heavy atom. The van der Waals surface area contributed by atoms with Crippen LogP contribution in [0.2, 0.25) is 0 Å². The summed E-state index contributed by atoms with van der Waals surface area (Å²) in [5.74, 6) is -0.920. The number of nitrogens with one attached hydrogen (secondary N) is 5. The van der Waals surface area contributed by atoms with E-state index in [0.29, 0.717) is 12.1 Å². The van der Waals surface area contributed by atoms with Gasteiger partial charge in [0.15, 0.2) is 5.82 Å². The van der Waals surface area contributed by atoms with Crippen LogP contribution < -0.4 is 27.2 Å². The Bertz CT molecular complexity index is 1130. The van der Waals surface area contributed by atoms with Crippen LogP contribution in [0.4, 0.5) is 17.5 Å². The summed E-state index contributed by atoms with van der Waals surface area (Å²) in [5, 5.41) is 16.1. The van der Waals surface area contributed by atoms with Gasteiger partial charge in [-0.1, -0.05) is 13.8 Å². The minimum Gasteiger partial charge on any atom is -0.365 e. The first-order valence-corrected chi connectivity index (χ1v) is 9.41. The Morgan fingerprint density at radius 2 is 2.03 bits per heavy atom. The minimum absolute atomic E-state index is 0.0169. The van der Waals surface area contributed by atoms with Crippen molar-refractivity contribution in [3.8, 4) is 0 Å². The van der Waals surface area contributed by atoms with Crippen molar-refractivity contribution in [3.05, 3.63) is 40.3 Å². The molecule has 0 spiro atoms.